The summed E-state index contributed by atoms with van der Waals surface area (Å²) in [6, 6.07) is 12.0. The number of hydrogen-bond donors (Lipinski definition) is 0. The molecule has 0 aliphatic carbocycles. The van der Waals surface area contributed by atoms with Crippen LogP contribution in [0.5, 0.6) is 0 Å². The third kappa shape index (κ3) is 3.07. The van der Waals surface area contributed by atoms with Gasteiger partial charge in [-0.2, -0.15) is 0 Å². The Kier molecular flexibility index (Phi) is 4.36. The Morgan fingerprint density at radius 3 is 2.78 bits per heavy atom. The van der Waals surface area contributed by atoms with E-state index in [0.29, 0.717) is 22.3 Å². The van der Waals surface area contributed by atoms with Crippen LogP contribution in [-0.2, 0) is 23.0 Å². The molecule has 0 atom stereocenters. The number of hydrogen-bond acceptors (Lipinski definition) is 4. The second-order valence-electron chi connectivity index (χ2n) is 6.86. The standard InChI is InChI=1S/C20H20FN3O2S/c1-23(2)27(25,26)16-6-8-19-14(12-16)9-11-24(19)13-15-5-7-18(21)17-4-3-10-22-20(15)17/h3-8,10,12H,9,11,13H2,1-2H3. The fourth-order valence-corrected chi connectivity index (χ4v) is 4.46. The molecule has 1 aliphatic heterocycles. The minimum absolute atomic E-state index is 0.276. The predicted molar refractivity (Wildman–Crippen MR) is 104 cm³/mol. The fourth-order valence-electron chi connectivity index (χ4n) is 3.51. The molecular formula is C20H20FN3O2S. The Morgan fingerprint density at radius 2 is 2.00 bits per heavy atom. The van der Waals surface area contributed by atoms with E-state index in [-0.39, 0.29) is 5.82 Å². The van der Waals surface area contributed by atoms with Gasteiger partial charge in [0.15, 0.2) is 0 Å². The van der Waals surface area contributed by atoms with Gasteiger partial charge < -0.3 is 4.90 Å². The Bertz CT molecular complexity index is 1130. The summed E-state index contributed by atoms with van der Waals surface area (Å²) in [4.78, 5) is 6.85. The van der Waals surface area contributed by atoms with Gasteiger partial charge in [0.1, 0.15) is 5.82 Å². The van der Waals surface area contributed by atoms with Gasteiger partial charge in [0, 0.05) is 44.5 Å². The Morgan fingerprint density at radius 1 is 1.19 bits per heavy atom. The number of sulfonamides is 1. The van der Waals surface area contributed by atoms with Gasteiger partial charge in [-0.05, 0) is 53.9 Å². The number of fused-ring (bicyclic) bond motifs is 2. The first-order chi connectivity index (χ1) is 12.9. The molecule has 2 heterocycles. The summed E-state index contributed by atoms with van der Waals surface area (Å²) in [7, 11) is -0.387. The van der Waals surface area contributed by atoms with E-state index in [1.165, 1.54) is 24.5 Å². The van der Waals surface area contributed by atoms with Crippen molar-refractivity contribution >= 4 is 26.6 Å². The number of pyridine rings is 1. The average Bonchev–Trinajstić information content (AvgIpc) is 3.06. The van der Waals surface area contributed by atoms with Crippen molar-refractivity contribution in [2.45, 2.75) is 17.9 Å². The summed E-state index contributed by atoms with van der Waals surface area (Å²) in [5.74, 6) is -0.276. The number of nitrogens with zero attached hydrogens (tertiary/aromatic N) is 3. The number of halogens is 1. The van der Waals surface area contributed by atoms with Crippen LogP contribution in [0, 0.1) is 5.82 Å². The predicted octanol–water partition coefficient (Wildman–Crippen LogP) is 3.19. The van der Waals surface area contributed by atoms with Crippen molar-refractivity contribution in [3.63, 3.8) is 0 Å². The van der Waals surface area contributed by atoms with Crippen molar-refractivity contribution in [3.05, 3.63) is 65.6 Å². The largest absolute Gasteiger partial charge is 0.367 e. The van der Waals surface area contributed by atoms with E-state index in [9.17, 15) is 12.8 Å². The second-order valence-corrected chi connectivity index (χ2v) is 9.01. The lowest BCUT2D eigenvalue weighted by Crippen LogP contribution is -2.22. The maximum Gasteiger partial charge on any atom is 0.242 e. The quantitative estimate of drug-likeness (QED) is 0.692. The maximum atomic E-state index is 14.0. The van der Waals surface area contributed by atoms with Crippen LogP contribution in [0.2, 0.25) is 0 Å². The lowest BCUT2D eigenvalue weighted by molar-refractivity contribution is 0.520. The molecule has 2 aromatic carbocycles. The van der Waals surface area contributed by atoms with Crippen molar-refractivity contribution < 1.29 is 12.8 Å². The number of anilines is 1. The van der Waals surface area contributed by atoms with Crippen LogP contribution in [0.15, 0.2) is 53.6 Å². The lowest BCUT2D eigenvalue weighted by atomic mass is 10.1. The van der Waals surface area contributed by atoms with Crippen LogP contribution >= 0.6 is 0 Å². The zero-order valence-corrected chi connectivity index (χ0v) is 16.0. The molecule has 27 heavy (non-hydrogen) atoms. The minimum atomic E-state index is -3.45. The number of benzene rings is 2. The van der Waals surface area contributed by atoms with Crippen molar-refractivity contribution in [2.75, 3.05) is 25.5 Å². The van der Waals surface area contributed by atoms with E-state index in [2.05, 4.69) is 9.88 Å². The van der Waals surface area contributed by atoms with Crippen LogP contribution < -0.4 is 4.90 Å². The van der Waals surface area contributed by atoms with Gasteiger partial charge in [-0.25, -0.2) is 17.1 Å². The lowest BCUT2D eigenvalue weighted by Gasteiger charge is -2.21. The van der Waals surface area contributed by atoms with E-state index >= 15 is 0 Å². The molecule has 0 unspecified atom stereocenters. The summed E-state index contributed by atoms with van der Waals surface area (Å²) in [5.41, 5.74) is 3.64. The van der Waals surface area contributed by atoms with Gasteiger partial charge in [-0.3, -0.25) is 4.98 Å². The molecule has 0 N–H and O–H groups in total. The molecule has 0 saturated carbocycles. The number of rotatable bonds is 4. The molecule has 0 fully saturated rings. The van der Waals surface area contributed by atoms with Crippen molar-refractivity contribution in [1.82, 2.24) is 9.29 Å². The molecule has 7 heteroatoms. The van der Waals surface area contributed by atoms with Crippen LogP contribution in [0.3, 0.4) is 0 Å². The molecule has 0 bridgehead atoms. The highest BCUT2D eigenvalue weighted by atomic mass is 32.2. The van der Waals surface area contributed by atoms with Gasteiger partial charge >= 0.3 is 0 Å². The van der Waals surface area contributed by atoms with Crippen LogP contribution in [0.25, 0.3) is 10.9 Å². The van der Waals surface area contributed by atoms with Crippen LogP contribution in [0.4, 0.5) is 10.1 Å². The van der Waals surface area contributed by atoms with Gasteiger partial charge in [0.05, 0.1) is 10.4 Å². The highest BCUT2D eigenvalue weighted by molar-refractivity contribution is 7.89. The summed E-state index contributed by atoms with van der Waals surface area (Å²) < 4.78 is 39.9. The first-order valence-electron chi connectivity index (χ1n) is 8.70. The second kappa shape index (κ2) is 6.58. The van der Waals surface area contributed by atoms with E-state index in [1.54, 1.807) is 36.5 Å². The summed E-state index contributed by atoms with van der Waals surface area (Å²) >= 11 is 0. The molecule has 0 spiro atoms. The van der Waals surface area contributed by atoms with Gasteiger partial charge in [-0.15, -0.1) is 0 Å². The number of aromatic nitrogens is 1. The molecule has 140 valence electrons. The van der Waals surface area contributed by atoms with Gasteiger partial charge in [-0.1, -0.05) is 6.07 Å². The molecule has 4 rings (SSSR count). The van der Waals surface area contributed by atoms with E-state index in [4.69, 9.17) is 0 Å². The average molecular weight is 385 g/mol. The van der Waals surface area contributed by atoms with E-state index in [1.807, 2.05) is 6.07 Å². The van der Waals surface area contributed by atoms with Crippen LogP contribution in [0.1, 0.15) is 11.1 Å². The molecule has 0 radical (unpaired) electrons. The third-order valence-corrected chi connectivity index (χ3v) is 6.79. The molecule has 0 saturated heterocycles. The normalized spacial score (nSPS) is 14.1. The van der Waals surface area contributed by atoms with Gasteiger partial charge in [0.25, 0.3) is 0 Å². The SMILES string of the molecule is CN(C)S(=O)(=O)c1ccc2c(c1)CCN2Cc1ccc(F)c2cccnc12. The summed E-state index contributed by atoms with van der Waals surface area (Å²) in [6.45, 7) is 1.38. The van der Waals surface area contributed by atoms with Crippen LogP contribution in [-0.4, -0.2) is 38.3 Å². The minimum Gasteiger partial charge on any atom is -0.367 e. The van der Waals surface area contributed by atoms with Crippen molar-refractivity contribution in [2.24, 2.45) is 0 Å². The Balaban J connectivity index is 1.68. The molecule has 1 aliphatic rings. The molecule has 1 aromatic heterocycles. The third-order valence-electron chi connectivity index (χ3n) is 4.98. The van der Waals surface area contributed by atoms with Crippen molar-refractivity contribution in [3.8, 4) is 0 Å². The zero-order chi connectivity index (χ0) is 19.2. The fraction of sp³-hybridized carbons (Fsp3) is 0.250. The smallest absolute Gasteiger partial charge is 0.242 e. The highest BCUT2D eigenvalue weighted by Gasteiger charge is 2.24. The summed E-state index contributed by atoms with van der Waals surface area (Å²) in [5, 5.41) is 0.516. The molecular weight excluding hydrogens is 365 g/mol. The summed E-state index contributed by atoms with van der Waals surface area (Å²) in [6.07, 6.45) is 2.44. The molecule has 5 nitrogen and oxygen atoms in total. The maximum absolute atomic E-state index is 14.0. The molecule has 0 amide bonds. The van der Waals surface area contributed by atoms with Gasteiger partial charge in [0.2, 0.25) is 10.0 Å². The Hall–Kier alpha value is -2.51. The monoisotopic (exact) mass is 385 g/mol. The van der Waals surface area contributed by atoms with Crippen molar-refractivity contribution in [1.29, 1.82) is 0 Å². The first kappa shape index (κ1) is 17.9. The first-order valence-corrected chi connectivity index (χ1v) is 10.1. The van der Waals surface area contributed by atoms with E-state index in [0.717, 1.165) is 29.8 Å². The molecule has 3 aromatic rings. The topological polar surface area (TPSA) is 53.5 Å². The van der Waals surface area contributed by atoms with E-state index < -0.39 is 10.0 Å². The zero-order valence-electron chi connectivity index (χ0n) is 15.2. The Labute approximate surface area is 158 Å². The highest BCUT2D eigenvalue weighted by Crippen LogP contribution is 2.33.